The third-order valence-corrected chi connectivity index (χ3v) is 2.60. The molecule has 18 heavy (non-hydrogen) atoms. The lowest BCUT2D eigenvalue weighted by Crippen LogP contribution is -2.59. The van der Waals surface area contributed by atoms with Gasteiger partial charge in [0.2, 0.25) is 0 Å². The maximum Gasteiger partial charge on any atom is 0.295 e. The van der Waals surface area contributed by atoms with Gasteiger partial charge in [-0.2, -0.15) is 5.43 Å². The first-order valence-electron chi connectivity index (χ1n) is 5.82. The highest BCUT2D eigenvalue weighted by Gasteiger charge is 2.30. The predicted octanol–water partition coefficient (Wildman–Crippen LogP) is 1.34. The number of hydrogen-bond acceptors (Lipinski definition) is 2. The lowest BCUT2D eigenvalue weighted by Gasteiger charge is -2.34. The first kappa shape index (κ1) is 14.4. The number of carbonyl (C=O) groups excluding carboxylic acids is 1. The molecular formula is C14H21N2O2+. The molecule has 4 heteroatoms. The summed E-state index contributed by atoms with van der Waals surface area (Å²) in [7, 11) is 3.64. The van der Waals surface area contributed by atoms with Crippen LogP contribution < -0.4 is 5.43 Å². The Labute approximate surface area is 108 Å². The van der Waals surface area contributed by atoms with Gasteiger partial charge >= 0.3 is 0 Å². The summed E-state index contributed by atoms with van der Waals surface area (Å²) in [4.78, 5) is 12.0. The molecule has 1 rings (SSSR count). The van der Waals surface area contributed by atoms with Crippen molar-refractivity contribution < 1.29 is 14.5 Å². The molecule has 0 aliphatic heterocycles. The van der Waals surface area contributed by atoms with Gasteiger partial charge in [-0.3, -0.25) is 4.79 Å². The zero-order chi connectivity index (χ0) is 13.8. The summed E-state index contributed by atoms with van der Waals surface area (Å²) in [5.74, 6) is -0.166. The highest BCUT2D eigenvalue weighted by Crippen LogP contribution is 2.10. The molecule has 0 saturated carbocycles. The Hall–Kier alpha value is -1.65. The third kappa shape index (κ3) is 4.31. The van der Waals surface area contributed by atoms with E-state index in [9.17, 15) is 9.90 Å². The topological polar surface area (TPSA) is 49.3 Å². The standard InChI is InChI=1S/C14H20N2O2/c1-5-14(2,18)11-16(3,4)15-13(17)12-9-7-6-8-10-12/h5-10,18H,1,11H2,2-4H3/p+1. The number of rotatable bonds is 5. The Balaban J connectivity index is 2.72. The normalized spacial score (nSPS) is 14.7. The van der Waals surface area contributed by atoms with Crippen molar-refractivity contribution in [1.29, 1.82) is 0 Å². The molecule has 0 radical (unpaired) electrons. The van der Waals surface area contributed by atoms with Crippen molar-refractivity contribution >= 4 is 5.91 Å². The maximum absolute atomic E-state index is 12.0. The molecule has 1 aromatic carbocycles. The zero-order valence-electron chi connectivity index (χ0n) is 11.2. The molecule has 0 bridgehead atoms. The summed E-state index contributed by atoms with van der Waals surface area (Å²) >= 11 is 0. The maximum atomic E-state index is 12.0. The Morgan fingerprint density at radius 1 is 1.44 bits per heavy atom. The lowest BCUT2D eigenvalue weighted by molar-refractivity contribution is -0.929. The van der Waals surface area contributed by atoms with Crippen LogP contribution in [0.15, 0.2) is 43.0 Å². The first-order chi connectivity index (χ1) is 8.26. The van der Waals surface area contributed by atoms with Gasteiger partial charge in [-0.1, -0.05) is 24.3 Å². The van der Waals surface area contributed by atoms with E-state index in [0.717, 1.165) is 0 Å². The van der Waals surface area contributed by atoms with Gasteiger partial charge in [0, 0.05) is 5.56 Å². The molecule has 98 valence electrons. The van der Waals surface area contributed by atoms with Crippen molar-refractivity contribution in [3.8, 4) is 0 Å². The van der Waals surface area contributed by atoms with E-state index in [1.807, 2.05) is 32.3 Å². The molecule has 0 spiro atoms. The van der Waals surface area contributed by atoms with Gasteiger partial charge in [-0.15, -0.1) is 6.58 Å². The van der Waals surface area contributed by atoms with E-state index in [1.54, 1.807) is 19.1 Å². The monoisotopic (exact) mass is 249 g/mol. The number of amides is 1. The highest BCUT2D eigenvalue weighted by molar-refractivity contribution is 5.93. The molecule has 4 nitrogen and oxygen atoms in total. The Kier molecular flexibility index (Phi) is 4.27. The Morgan fingerprint density at radius 2 is 2.00 bits per heavy atom. The number of carbonyl (C=O) groups is 1. The van der Waals surface area contributed by atoms with Gasteiger partial charge in [0.25, 0.3) is 5.91 Å². The van der Waals surface area contributed by atoms with Crippen molar-refractivity contribution in [3.05, 3.63) is 48.6 Å². The number of nitrogens with zero attached hydrogens (tertiary/aromatic N) is 1. The van der Waals surface area contributed by atoms with Gasteiger partial charge in [0.1, 0.15) is 12.1 Å². The van der Waals surface area contributed by atoms with Crippen LogP contribution in [0, 0.1) is 0 Å². The lowest BCUT2D eigenvalue weighted by atomic mass is 10.1. The Bertz CT molecular complexity index is 425. The minimum absolute atomic E-state index is 0.166. The van der Waals surface area contributed by atoms with Gasteiger partial charge in [-0.25, -0.2) is 4.59 Å². The molecule has 2 N–H and O–H groups in total. The highest BCUT2D eigenvalue weighted by atomic mass is 16.3. The van der Waals surface area contributed by atoms with Crippen molar-refractivity contribution in [1.82, 2.24) is 5.43 Å². The second-order valence-corrected chi connectivity index (χ2v) is 5.21. The molecule has 1 amide bonds. The van der Waals surface area contributed by atoms with Gasteiger partial charge in [-0.05, 0) is 19.1 Å². The van der Waals surface area contributed by atoms with Gasteiger partial charge in [0.15, 0.2) is 0 Å². The van der Waals surface area contributed by atoms with E-state index in [1.165, 1.54) is 6.08 Å². The fraction of sp³-hybridized carbons (Fsp3) is 0.357. The van der Waals surface area contributed by atoms with E-state index in [-0.39, 0.29) is 10.5 Å². The second-order valence-electron chi connectivity index (χ2n) is 5.21. The zero-order valence-corrected chi connectivity index (χ0v) is 11.2. The average molecular weight is 249 g/mol. The van der Waals surface area contributed by atoms with Crippen LogP contribution in [0.2, 0.25) is 0 Å². The number of benzene rings is 1. The molecule has 0 fully saturated rings. The fourth-order valence-corrected chi connectivity index (χ4v) is 1.83. The molecule has 0 saturated heterocycles. The van der Waals surface area contributed by atoms with E-state index in [2.05, 4.69) is 12.0 Å². The summed E-state index contributed by atoms with van der Waals surface area (Å²) in [6.07, 6.45) is 1.47. The van der Waals surface area contributed by atoms with Crippen LogP contribution in [-0.4, -0.2) is 41.8 Å². The minimum atomic E-state index is -1.02. The quantitative estimate of drug-likeness (QED) is 0.470. The summed E-state index contributed by atoms with van der Waals surface area (Å²) in [5.41, 5.74) is 2.43. The second kappa shape index (κ2) is 5.33. The van der Waals surface area contributed by atoms with Crippen LogP contribution in [0.3, 0.4) is 0 Å². The van der Waals surface area contributed by atoms with Crippen molar-refractivity contribution in [3.63, 3.8) is 0 Å². The van der Waals surface area contributed by atoms with E-state index in [4.69, 9.17) is 0 Å². The summed E-state index contributed by atoms with van der Waals surface area (Å²) < 4.78 is 0.173. The van der Waals surface area contributed by atoms with E-state index in [0.29, 0.717) is 12.1 Å². The van der Waals surface area contributed by atoms with Crippen LogP contribution >= 0.6 is 0 Å². The van der Waals surface area contributed by atoms with Gasteiger partial charge in [0.05, 0.1) is 14.1 Å². The summed E-state index contributed by atoms with van der Waals surface area (Å²) in [5, 5.41) is 9.96. The van der Waals surface area contributed by atoms with Crippen LogP contribution in [0.25, 0.3) is 0 Å². The molecule has 1 unspecified atom stereocenters. The average Bonchev–Trinajstić information content (AvgIpc) is 2.28. The number of quaternary nitrogens is 1. The first-order valence-corrected chi connectivity index (χ1v) is 5.82. The van der Waals surface area contributed by atoms with E-state index >= 15 is 0 Å². The predicted molar refractivity (Wildman–Crippen MR) is 71.7 cm³/mol. The smallest absolute Gasteiger partial charge is 0.295 e. The molecule has 0 heterocycles. The van der Waals surface area contributed by atoms with Crippen LogP contribution in [0.5, 0.6) is 0 Å². The van der Waals surface area contributed by atoms with Crippen molar-refractivity contribution in [2.45, 2.75) is 12.5 Å². The number of nitrogens with one attached hydrogen (secondary N) is 1. The van der Waals surface area contributed by atoms with Crippen LogP contribution in [-0.2, 0) is 0 Å². The molecule has 1 aromatic rings. The number of hydrogen-bond donors (Lipinski definition) is 2. The fourth-order valence-electron chi connectivity index (χ4n) is 1.83. The SMILES string of the molecule is C=CC(C)(O)C[N+](C)(C)NC(=O)c1ccccc1. The molecule has 1 atom stereocenters. The molecule has 0 aromatic heterocycles. The summed E-state index contributed by atoms with van der Waals surface area (Å²) in [6, 6.07) is 8.99. The van der Waals surface area contributed by atoms with Crippen molar-refractivity contribution in [2.75, 3.05) is 20.6 Å². The molecule has 0 aliphatic carbocycles. The number of aliphatic hydroxyl groups is 1. The Morgan fingerprint density at radius 3 is 2.50 bits per heavy atom. The van der Waals surface area contributed by atoms with E-state index < -0.39 is 5.60 Å². The van der Waals surface area contributed by atoms with Gasteiger partial charge < -0.3 is 5.11 Å². The third-order valence-electron chi connectivity index (χ3n) is 2.60. The van der Waals surface area contributed by atoms with Crippen LogP contribution in [0.4, 0.5) is 0 Å². The number of likely N-dealkylation sites (N-methyl/N-ethyl adjacent to an activating group) is 1. The largest absolute Gasteiger partial charge is 0.380 e. The van der Waals surface area contributed by atoms with Crippen molar-refractivity contribution in [2.24, 2.45) is 0 Å². The minimum Gasteiger partial charge on any atom is -0.380 e. The summed E-state index contributed by atoms with van der Waals surface area (Å²) in [6.45, 7) is 5.58. The van der Waals surface area contributed by atoms with Crippen LogP contribution in [0.1, 0.15) is 17.3 Å². The molecule has 0 aliphatic rings. The molecular weight excluding hydrogens is 228 g/mol.